The summed E-state index contributed by atoms with van der Waals surface area (Å²) in [6, 6.07) is 3.25. The lowest BCUT2D eigenvalue weighted by Gasteiger charge is -2.18. The smallest absolute Gasteiger partial charge is 0.261 e. The molecule has 1 fully saturated rings. The molecule has 0 spiro atoms. The van der Waals surface area contributed by atoms with Gasteiger partial charge in [-0.1, -0.05) is 12.2 Å². The molecule has 2 aliphatic carbocycles. The van der Waals surface area contributed by atoms with E-state index in [9.17, 15) is 9.59 Å². The highest BCUT2D eigenvalue weighted by atomic mass is 16.5. The third kappa shape index (κ3) is 3.29. The SMILES string of the molecule is COc1cc2ncn(CC(=O)NCC3CC4C=CC3C4)c(=O)c2cc1OC. The molecule has 0 aliphatic heterocycles. The fourth-order valence-corrected chi connectivity index (χ4v) is 4.18. The number of carbonyl (C=O) groups excluding carboxylic acids is 1. The van der Waals surface area contributed by atoms with E-state index >= 15 is 0 Å². The second-order valence-corrected chi connectivity index (χ2v) is 7.25. The van der Waals surface area contributed by atoms with E-state index in [-0.39, 0.29) is 18.0 Å². The Morgan fingerprint density at radius 2 is 2.00 bits per heavy atom. The van der Waals surface area contributed by atoms with Crippen LogP contribution in [0.4, 0.5) is 0 Å². The van der Waals surface area contributed by atoms with Crippen LogP contribution in [-0.2, 0) is 11.3 Å². The third-order valence-corrected chi connectivity index (χ3v) is 5.62. The molecule has 1 heterocycles. The number of fused-ring (bicyclic) bond motifs is 3. The molecule has 3 atom stereocenters. The zero-order valence-electron chi connectivity index (χ0n) is 15.5. The second-order valence-electron chi connectivity index (χ2n) is 7.25. The van der Waals surface area contributed by atoms with Gasteiger partial charge in [0.2, 0.25) is 5.91 Å². The zero-order chi connectivity index (χ0) is 19.0. The van der Waals surface area contributed by atoms with Crippen LogP contribution in [0.3, 0.4) is 0 Å². The highest BCUT2D eigenvalue weighted by molar-refractivity contribution is 5.82. The molecule has 2 bridgehead atoms. The monoisotopic (exact) mass is 369 g/mol. The Labute approximate surface area is 157 Å². The molecule has 2 aliphatic rings. The van der Waals surface area contributed by atoms with Crippen LogP contribution >= 0.6 is 0 Å². The fourth-order valence-electron chi connectivity index (χ4n) is 4.18. The van der Waals surface area contributed by atoms with Crippen molar-refractivity contribution < 1.29 is 14.3 Å². The number of amides is 1. The normalized spacial score (nSPS) is 23.0. The first-order chi connectivity index (χ1) is 13.1. The number of carbonyl (C=O) groups is 1. The number of allylic oxidation sites excluding steroid dienone is 2. The Hall–Kier alpha value is -2.83. The molecule has 2 aromatic rings. The van der Waals surface area contributed by atoms with Crippen molar-refractivity contribution in [1.29, 1.82) is 0 Å². The standard InChI is InChI=1S/C20H23N3O4/c1-26-17-7-15-16(8-18(17)27-2)22-11-23(20(15)25)10-19(24)21-9-14-6-12-3-4-13(14)5-12/h3-4,7-8,11-14H,5-6,9-10H2,1-2H3,(H,21,24). The Morgan fingerprint density at radius 1 is 1.22 bits per heavy atom. The van der Waals surface area contributed by atoms with Crippen LogP contribution in [0.25, 0.3) is 10.9 Å². The molecule has 1 aromatic carbocycles. The van der Waals surface area contributed by atoms with Gasteiger partial charge in [0, 0.05) is 12.6 Å². The average molecular weight is 369 g/mol. The lowest BCUT2D eigenvalue weighted by Crippen LogP contribution is -2.36. The van der Waals surface area contributed by atoms with E-state index in [2.05, 4.69) is 22.5 Å². The maximum absolute atomic E-state index is 12.7. The van der Waals surface area contributed by atoms with E-state index in [1.807, 2.05) is 0 Å². The Morgan fingerprint density at radius 3 is 2.67 bits per heavy atom. The van der Waals surface area contributed by atoms with E-state index in [1.165, 1.54) is 31.5 Å². The van der Waals surface area contributed by atoms with Crippen molar-refractivity contribution in [3.8, 4) is 11.5 Å². The van der Waals surface area contributed by atoms with Crippen LogP contribution in [0.15, 0.2) is 35.4 Å². The first-order valence-corrected chi connectivity index (χ1v) is 9.15. The molecule has 3 unspecified atom stereocenters. The summed E-state index contributed by atoms with van der Waals surface area (Å²) in [5.74, 6) is 2.55. The molecule has 1 aromatic heterocycles. The second kappa shape index (κ2) is 7.06. The first kappa shape index (κ1) is 17.6. The Bertz CT molecular complexity index is 966. The molecule has 1 N–H and O–H groups in total. The van der Waals surface area contributed by atoms with Crippen LogP contribution < -0.4 is 20.3 Å². The minimum atomic E-state index is -0.279. The van der Waals surface area contributed by atoms with Crippen LogP contribution in [0.5, 0.6) is 11.5 Å². The summed E-state index contributed by atoms with van der Waals surface area (Å²) in [6.45, 7) is 0.609. The number of hydrogen-bond donors (Lipinski definition) is 1. The van der Waals surface area contributed by atoms with E-state index in [1.54, 1.807) is 12.1 Å². The van der Waals surface area contributed by atoms with Crippen molar-refractivity contribution >= 4 is 16.8 Å². The number of rotatable bonds is 6. The van der Waals surface area contributed by atoms with Crippen LogP contribution in [0.2, 0.25) is 0 Å². The number of hydrogen-bond acceptors (Lipinski definition) is 5. The third-order valence-electron chi connectivity index (χ3n) is 5.62. The number of benzene rings is 1. The topological polar surface area (TPSA) is 82.5 Å². The van der Waals surface area contributed by atoms with Gasteiger partial charge in [-0.25, -0.2) is 4.98 Å². The maximum atomic E-state index is 12.7. The van der Waals surface area contributed by atoms with Gasteiger partial charge in [-0.2, -0.15) is 0 Å². The first-order valence-electron chi connectivity index (χ1n) is 9.15. The van der Waals surface area contributed by atoms with Gasteiger partial charge < -0.3 is 14.8 Å². The summed E-state index contributed by atoms with van der Waals surface area (Å²) in [5.41, 5.74) is 0.224. The van der Waals surface area contributed by atoms with Crippen LogP contribution in [0, 0.1) is 17.8 Å². The molecule has 7 nitrogen and oxygen atoms in total. The Kier molecular flexibility index (Phi) is 4.59. The van der Waals surface area contributed by atoms with Gasteiger partial charge in [-0.15, -0.1) is 0 Å². The molecule has 1 amide bonds. The fraction of sp³-hybridized carbons (Fsp3) is 0.450. The van der Waals surface area contributed by atoms with Gasteiger partial charge in [-0.05, 0) is 36.7 Å². The van der Waals surface area contributed by atoms with E-state index in [4.69, 9.17) is 9.47 Å². The summed E-state index contributed by atoms with van der Waals surface area (Å²) in [4.78, 5) is 29.3. The van der Waals surface area contributed by atoms with E-state index in [0.717, 1.165) is 6.42 Å². The molecule has 0 saturated heterocycles. The zero-order valence-corrected chi connectivity index (χ0v) is 15.5. The van der Waals surface area contributed by atoms with Gasteiger partial charge >= 0.3 is 0 Å². The summed E-state index contributed by atoms with van der Waals surface area (Å²) >= 11 is 0. The van der Waals surface area contributed by atoms with Crippen molar-refractivity contribution in [3.63, 3.8) is 0 Å². The van der Waals surface area contributed by atoms with Crippen molar-refractivity contribution in [2.45, 2.75) is 19.4 Å². The van der Waals surface area contributed by atoms with Gasteiger partial charge in [0.25, 0.3) is 5.56 Å². The van der Waals surface area contributed by atoms with E-state index < -0.39 is 0 Å². The minimum absolute atomic E-state index is 0.0488. The lowest BCUT2D eigenvalue weighted by molar-refractivity contribution is -0.121. The summed E-state index contributed by atoms with van der Waals surface area (Å²) in [5, 5.41) is 3.36. The number of ether oxygens (including phenoxy) is 2. The summed E-state index contributed by atoms with van der Waals surface area (Å²) in [6.07, 6.45) is 8.30. The highest BCUT2D eigenvalue weighted by Gasteiger charge is 2.35. The van der Waals surface area contributed by atoms with Gasteiger partial charge in [0.1, 0.15) is 6.54 Å². The van der Waals surface area contributed by atoms with Crippen molar-refractivity contribution in [2.75, 3.05) is 20.8 Å². The molecule has 142 valence electrons. The maximum Gasteiger partial charge on any atom is 0.261 e. The molecule has 7 heteroatoms. The van der Waals surface area contributed by atoms with Gasteiger partial charge in [0.05, 0.1) is 31.4 Å². The lowest BCUT2D eigenvalue weighted by atomic mass is 9.94. The molecule has 0 radical (unpaired) electrons. The number of aromatic nitrogens is 2. The Balaban J connectivity index is 1.48. The molecule has 4 rings (SSSR count). The average Bonchev–Trinajstić information content (AvgIpc) is 3.31. The predicted molar refractivity (Wildman–Crippen MR) is 101 cm³/mol. The van der Waals surface area contributed by atoms with Gasteiger partial charge in [0.15, 0.2) is 11.5 Å². The molecular formula is C20H23N3O4. The van der Waals surface area contributed by atoms with Crippen molar-refractivity contribution in [1.82, 2.24) is 14.9 Å². The molecular weight excluding hydrogens is 346 g/mol. The largest absolute Gasteiger partial charge is 0.493 e. The molecule has 1 saturated carbocycles. The highest BCUT2D eigenvalue weighted by Crippen LogP contribution is 2.42. The van der Waals surface area contributed by atoms with Crippen molar-refractivity contribution in [3.05, 3.63) is 41.0 Å². The minimum Gasteiger partial charge on any atom is -0.493 e. The quantitative estimate of drug-likeness (QED) is 0.785. The molecule has 27 heavy (non-hydrogen) atoms. The number of nitrogens with zero attached hydrogens (tertiary/aromatic N) is 2. The van der Waals surface area contributed by atoms with Gasteiger partial charge in [-0.3, -0.25) is 14.2 Å². The van der Waals surface area contributed by atoms with Crippen LogP contribution in [-0.4, -0.2) is 36.2 Å². The van der Waals surface area contributed by atoms with Crippen LogP contribution in [0.1, 0.15) is 12.8 Å². The predicted octanol–water partition coefficient (Wildman–Crippen LogP) is 1.74. The van der Waals surface area contributed by atoms with Crippen molar-refractivity contribution in [2.24, 2.45) is 17.8 Å². The summed E-state index contributed by atoms with van der Waals surface area (Å²) < 4.78 is 11.8. The summed E-state index contributed by atoms with van der Waals surface area (Å²) in [7, 11) is 3.04. The number of methoxy groups -OCH3 is 2. The number of nitrogens with one attached hydrogen (secondary N) is 1. The van der Waals surface area contributed by atoms with E-state index in [0.29, 0.717) is 46.7 Å².